The van der Waals surface area contributed by atoms with Crippen molar-refractivity contribution < 1.29 is 54.0 Å². The molecule has 0 aromatic heterocycles. The number of carbonyl (C=O) groups excluding carboxylic acids is 5. The van der Waals surface area contributed by atoms with Gasteiger partial charge in [-0.05, 0) is 48.4 Å². The van der Waals surface area contributed by atoms with Crippen LogP contribution in [0, 0.1) is 5.92 Å². The molecule has 0 saturated heterocycles. The summed E-state index contributed by atoms with van der Waals surface area (Å²) in [5.41, 5.74) is 18.1. The molecule has 2 aromatic rings. The monoisotopic (exact) mass is 813 g/mol. The molecule has 2 aromatic carbocycles. The van der Waals surface area contributed by atoms with Crippen molar-refractivity contribution in [2.24, 2.45) is 28.1 Å². The fraction of sp³-hybridized carbons (Fsp3) is 0.474. The Hall–Kier alpha value is -6.28. The summed E-state index contributed by atoms with van der Waals surface area (Å²) in [6, 6.07) is 5.86. The molecular formula is C38H55N9O11. The summed E-state index contributed by atoms with van der Waals surface area (Å²) in [4.78, 5) is 94.5. The summed E-state index contributed by atoms with van der Waals surface area (Å²) < 4.78 is 0. The van der Waals surface area contributed by atoms with Crippen LogP contribution in [0.4, 0.5) is 0 Å². The Morgan fingerprint density at radius 3 is 1.66 bits per heavy atom. The Labute approximate surface area is 335 Å². The molecule has 318 valence electrons. The van der Waals surface area contributed by atoms with Crippen molar-refractivity contribution in [1.82, 2.24) is 26.6 Å². The lowest BCUT2D eigenvalue weighted by Gasteiger charge is -2.27. The minimum Gasteiger partial charge on any atom is -0.508 e. The number of rotatable bonds is 25. The second-order valence-corrected chi connectivity index (χ2v) is 13.7. The average molecular weight is 814 g/mol. The molecule has 7 atom stereocenters. The maximum atomic E-state index is 14.2. The number of aliphatic hydroxyl groups is 1. The first-order valence-electron chi connectivity index (χ1n) is 18.7. The second kappa shape index (κ2) is 24.4. The maximum Gasteiger partial charge on any atom is 0.326 e. The molecule has 0 bridgehead atoms. The van der Waals surface area contributed by atoms with E-state index in [1.54, 1.807) is 37.3 Å². The van der Waals surface area contributed by atoms with Gasteiger partial charge in [0.1, 0.15) is 36.0 Å². The quantitative estimate of drug-likeness (QED) is 0.0292. The number of aromatic hydroxyl groups is 1. The summed E-state index contributed by atoms with van der Waals surface area (Å²) in [6.07, 6.45) is -0.484. The van der Waals surface area contributed by atoms with E-state index in [-0.39, 0.29) is 49.9 Å². The van der Waals surface area contributed by atoms with Gasteiger partial charge < -0.3 is 64.2 Å². The number of phenolic OH excluding ortho intramolecular Hbond substituents is 1. The number of nitrogens with two attached hydrogens (primary N) is 3. The number of amides is 5. The molecular weight excluding hydrogens is 758 g/mol. The molecule has 2 rings (SSSR count). The van der Waals surface area contributed by atoms with Gasteiger partial charge in [0.05, 0.1) is 12.6 Å². The highest BCUT2D eigenvalue weighted by molar-refractivity contribution is 5.96. The van der Waals surface area contributed by atoms with Crippen LogP contribution in [0.3, 0.4) is 0 Å². The van der Waals surface area contributed by atoms with Crippen LogP contribution in [0.1, 0.15) is 57.1 Å². The van der Waals surface area contributed by atoms with Crippen LogP contribution in [0.25, 0.3) is 0 Å². The molecule has 5 amide bonds. The number of nitrogens with one attached hydrogen (secondary N) is 5. The van der Waals surface area contributed by atoms with Gasteiger partial charge in [-0.2, -0.15) is 0 Å². The van der Waals surface area contributed by atoms with Gasteiger partial charge in [0.15, 0.2) is 5.96 Å². The summed E-state index contributed by atoms with van der Waals surface area (Å²) in [7, 11) is 0. The number of guanidine groups is 1. The molecule has 0 heterocycles. The number of hydrogen-bond acceptors (Lipinski definition) is 11. The minimum atomic E-state index is -1.73. The Kier molecular flexibility index (Phi) is 20.1. The van der Waals surface area contributed by atoms with Gasteiger partial charge in [-0.1, -0.05) is 62.7 Å². The minimum absolute atomic E-state index is 0.0524. The third kappa shape index (κ3) is 16.8. The smallest absolute Gasteiger partial charge is 0.326 e. The number of carboxylic acid groups (broad SMARTS) is 2. The molecule has 0 aliphatic heterocycles. The molecule has 20 nitrogen and oxygen atoms in total. The first kappa shape index (κ1) is 47.9. The van der Waals surface area contributed by atoms with E-state index < -0.39 is 97.2 Å². The first-order chi connectivity index (χ1) is 27.4. The Morgan fingerprint density at radius 1 is 0.672 bits per heavy atom. The number of nitrogens with zero attached hydrogens (tertiary/aromatic N) is 1. The number of aliphatic imine (C=N–C) groups is 1. The average Bonchev–Trinajstić information content (AvgIpc) is 3.18. The number of aliphatic hydroxyl groups excluding tert-OH is 1. The lowest BCUT2D eigenvalue weighted by Crippen LogP contribution is -2.60. The normalized spacial score (nSPS) is 14.5. The Morgan fingerprint density at radius 2 is 1.16 bits per heavy atom. The van der Waals surface area contributed by atoms with Crippen LogP contribution in [0.5, 0.6) is 5.75 Å². The SMILES string of the molecule is CC[C@H](C)[C@H](N)C(=O)N[C@@H](CCCN=C(N)N)C(=O)N[C@@H](Cc1ccccc1)C(=O)N[C@@H](Cc1ccc(O)cc1)C(=O)N[C@@H](CO)C(=O)N[C@@H](CCC(=O)O)C(=O)O. The fourth-order valence-electron chi connectivity index (χ4n) is 5.50. The number of carbonyl (C=O) groups is 7. The summed E-state index contributed by atoms with van der Waals surface area (Å²) >= 11 is 0. The molecule has 0 aliphatic carbocycles. The van der Waals surface area contributed by atoms with E-state index in [0.29, 0.717) is 17.5 Å². The molecule has 0 fully saturated rings. The second-order valence-electron chi connectivity index (χ2n) is 13.7. The van der Waals surface area contributed by atoms with Crippen molar-refractivity contribution in [1.29, 1.82) is 0 Å². The molecule has 58 heavy (non-hydrogen) atoms. The summed E-state index contributed by atoms with van der Waals surface area (Å²) in [5.74, 6) is -7.67. The van der Waals surface area contributed by atoms with Gasteiger partial charge >= 0.3 is 11.9 Å². The van der Waals surface area contributed by atoms with Crippen molar-refractivity contribution >= 4 is 47.4 Å². The largest absolute Gasteiger partial charge is 0.508 e. The highest BCUT2D eigenvalue weighted by atomic mass is 16.4. The van der Waals surface area contributed by atoms with E-state index in [2.05, 4.69) is 31.6 Å². The van der Waals surface area contributed by atoms with E-state index in [4.69, 9.17) is 22.3 Å². The van der Waals surface area contributed by atoms with Gasteiger partial charge in [0.2, 0.25) is 29.5 Å². The third-order valence-corrected chi connectivity index (χ3v) is 9.14. The van der Waals surface area contributed by atoms with E-state index in [0.717, 1.165) is 0 Å². The van der Waals surface area contributed by atoms with E-state index in [9.17, 15) is 48.9 Å². The molecule has 0 spiro atoms. The number of phenols is 1. The van der Waals surface area contributed by atoms with E-state index in [1.807, 2.05) is 6.92 Å². The van der Waals surface area contributed by atoms with Crippen molar-refractivity contribution in [2.75, 3.05) is 13.2 Å². The lowest BCUT2D eigenvalue weighted by atomic mass is 9.98. The zero-order chi connectivity index (χ0) is 43.4. The molecule has 0 saturated carbocycles. The zero-order valence-corrected chi connectivity index (χ0v) is 32.4. The van der Waals surface area contributed by atoms with Gasteiger partial charge in [-0.15, -0.1) is 0 Å². The number of benzene rings is 2. The van der Waals surface area contributed by atoms with Crippen molar-refractivity contribution in [3.8, 4) is 5.75 Å². The Balaban J connectivity index is 2.45. The van der Waals surface area contributed by atoms with Gasteiger partial charge in [-0.25, -0.2) is 4.79 Å². The van der Waals surface area contributed by atoms with E-state index >= 15 is 0 Å². The fourth-order valence-corrected chi connectivity index (χ4v) is 5.50. The molecule has 20 heteroatoms. The molecule has 15 N–H and O–H groups in total. The third-order valence-electron chi connectivity index (χ3n) is 9.14. The highest BCUT2D eigenvalue weighted by Crippen LogP contribution is 2.13. The van der Waals surface area contributed by atoms with Gasteiger partial charge in [-0.3, -0.25) is 33.8 Å². The Bertz CT molecular complexity index is 1720. The van der Waals surface area contributed by atoms with Crippen LogP contribution < -0.4 is 43.8 Å². The van der Waals surface area contributed by atoms with E-state index in [1.165, 1.54) is 24.3 Å². The number of aliphatic carboxylic acids is 2. The lowest BCUT2D eigenvalue weighted by molar-refractivity contribution is -0.143. The number of carboxylic acids is 2. The molecule has 0 radical (unpaired) electrons. The molecule has 0 aliphatic rings. The van der Waals surface area contributed by atoms with Gasteiger partial charge in [0, 0.05) is 25.8 Å². The van der Waals surface area contributed by atoms with Crippen LogP contribution in [0.2, 0.25) is 0 Å². The van der Waals surface area contributed by atoms with Crippen LogP contribution in [0.15, 0.2) is 59.6 Å². The predicted octanol–water partition coefficient (Wildman–Crippen LogP) is -2.03. The van der Waals surface area contributed by atoms with Crippen molar-refractivity contribution in [3.05, 3.63) is 65.7 Å². The van der Waals surface area contributed by atoms with Crippen molar-refractivity contribution in [2.45, 2.75) is 95.0 Å². The zero-order valence-electron chi connectivity index (χ0n) is 32.4. The van der Waals surface area contributed by atoms with Crippen LogP contribution in [-0.4, -0.2) is 117 Å². The predicted molar refractivity (Wildman–Crippen MR) is 211 cm³/mol. The van der Waals surface area contributed by atoms with Crippen LogP contribution in [-0.2, 0) is 46.4 Å². The maximum absolute atomic E-state index is 14.2. The first-order valence-corrected chi connectivity index (χ1v) is 18.7. The summed E-state index contributed by atoms with van der Waals surface area (Å²) in [5, 5.41) is 50.6. The standard InChI is InChI=1S/C38H55N9O11/c1-3-21(2)31(39)36(56)43-25(10-7-17-42-38(40)41)32(52)45-27(18-22-8-5-4-6-9-22)33(53)46-28(19-23-11-13-24(49)14-12-23)34(54)47-29(20-48)35(55)44-26(37(57)58)15-16-30(50)51/h4-6,8-9,11-14,21,25-29,31,48-49H,3,7,10,15-20,39H2,1-2H3,(H,43,56)(H,44,55)(H,45,52)(H,46,53)(H,47,54)(H,50,51)(H,57,58)(H4,40,41,42)/t21-,25-,26-,27-,28-,29-,31-/m0/s1. The van der Waals surface area contributed by atoms with Gasteiger partial charge in [0.25, 0.3) is 0 Å². The van der Waals surface area contributed by atoms with Crippen molar-refractivity contribution in [3.63, 3.8) is 0 Å². The number of hydrogen-bond donors (Lipinski definition) is 12. The summed E-state index contributed by atoms with van der Waals surface area (Å²) in [6.45, 7) is 2.77. The highest BCUT2D eigenvalue weighted by Gasteiger charge is 2.33. The molecule has 0 unspecified atom stereocenters. The van der Waals surface area contributed by atoms with Crippen LogP contribution >= 0.6 is 0 Å². The topological polar surface area (TPSA) is 351 Å².